The van der Waals surface area contributed by atoms with E-state index in [1.165, 1.54) is 23.1 Å². The molecule has 154 valence electrons. The van der Waals surface area contributed by atoms with Crippen LogP contribution in [0.4, 0.5) is 5.69 Å². The van der Waals surface area contributed by atoms with E-state index in [1.807, 2.05) is 29.6 Å². The van der Waals surface area contributed by atoms with Gasteiger partial charge in [0.2, 0.25) is 12.7 Å². The van der Waals surface area contributed by atoms with Gasteiger partial charge in [-0.15, -0.1) is 11.3 Å². The minimum atomic E-state index is -0.103. The first-order valence-electron chi connectivity index (χ1n) is 9.50. The standard InChI is InChI=1S/C22H20N2O4S2/c1-2-14-5-3-4-6-17(14)24-21(26)10-16-11-29-22(23-16)30-12-18(25)15-7-8-19-20(9-15)28-13-27-19/h3-9,11H,2,10,12-13H2,1H3,(H,24,26). The topological polar surface area (TPSA) is 77.5 Å². The molecule has 4 rings (SSSR count). The Balaban J connectivity index is 1.30. The zero-order valence-corrected chi connectivity index (χ0v) is 18.0. The molecule has 1 N–H and O–H groups in total. The van der Waals surface area contributed by atoms with Gasteiger partial charge >= 0.3 is 0 Å². The summed E-state index contributed by atoms with van der Waals surface area (Å²) < 4.78 is 11.4. The summed E-state index contributed by atoms with van der Waals surface area (Å²) in [6.45, 7) is 2.24. The van der Waals surface area contributed by atoms with Gasteiger partial charge in [-0.05, 0) is 36.2 Å². The number of fused-ring (bicyclic) bond motifs is 1. The lowest BCUT2D eigenvalue weighted by molar-refractivity contribution is -0.115. The maximum absolute atomic E-state index is 12.5. The summed E-state index contributed by atoms with van der Waals surface area (Å²) in [6.07, 6.45) is 1.05. The largest absolute Gasteiger partial charge is 0.454 e. The molecule has 0 fully saturated rings. The number of para-hydroxylation sites is 1. The smallest absolute Gasteiger partial charge is 0.231 e. The molecule has 0 bridgehead atoms. The number of carbonyl (C=O) groups is 2. The van der Waals surface area contributed by atoms with Crippen LogP contribution in [0.5, 0.6) is 11.5 Å². The number of nitrogens with one attached hydrogen (secondary N) is 1. The average molecular weight is 441 g/mol. The summed E-state index contributed by atoms with van der Waals surface area (Å²) in [7, 11) is 0. The normalized spacial score (nSPS) is 12.0. The number of ether oxygens (including phenoxy) is 2. The molecule has 6 nitrogen and oxygen atoms in total. The maximum Gasteiger partial charge on any atom is 0.231 e. The predicted molar refractivity (Wildman–Crippen MR) is 118 cm³/mol. The van der Waals surface area contributed by atoms with Gasteiger partial charge < -0.3 is 14.8 Å². The molecule has 0 spiro atoms. The molecular weight excluding hydrogens is 420 g/mol. The van der Waals surface area contributed by atoms with Crippen molar-refractivity contribution in [3.63, 3.8) is 0 Å². The summed E-state index contributed by atoms with van der Waals surface area (Å²) in [5.41, 5.74) is 3.22. The van der Waals surface area contributed by atoms with Crippen LogP contribution >= 0.6 is 23.1 Å². The van der Waals surface area contributed by atoms with E-state index in [1.54, 1.807) is 18.2 Å². The molecule has 2 heterocycles. The second-order valence-corrected chi connectivity index (χ2v) is 8.70. The number of aryl methyl sites for hydroxylation is 1. The number of hydrogen-bond donors (Lipinski definition) is 1. The highest BCUT2D eigenvalue weighted by Crippen LogP contribution is 2.33. The first-order chi connectivity index (χ1) is 14.6. The number of carbonyl (C=O) groups excluding carboxylic acids is 2. The number of rotatable bonds is 8. The number of nitrogens with zero attached hydrogens (tertiary/aromatic N) is 1. The molecule has 0 unspecified atom stereocenters. The maximum atomic E-state index is 12.5. The van der Waals surface area contributed by atoms with Crippen molar-refractivity contribution in [1.29, 1.82) is 0 Å². The lowest BCUT2D eigenvalue weighted by Crippen LogP contribution is -2.15. The lowest BCUT2D eigenvalue weighted by atomic mass is 10.1. The third kappa shape index (κ3) is 4.83. The summed E-state index contributed by atoms with van der Waals surface area (Å²) in [5, 5.41) is 4.81. The molecule has 1 aliphatic rings. The summed E-state index contributed by atoms with van der Waals surface area (Å²) in [5.74, 6) is 1.41. The fourth-order valence-corrected chi connectivity index (χ4v) is 4.77. The Bertz CT molecular complexity index is 1080. The Morgan fingerprint density at radius 3 is 2.87 bits per heavy atom. The van der Waals surface area contributed by atoms with E-state index in [-0.39, 0.29) is 30.7 Å². The highest BCUT2D eigenvalue weighted by atomic mass is 32.2. The number of ketones is 1. The van der Waals surface area contributed by atoms with Crippen LogP contribution in [0.3, 0.4) is 0 Å². The molecule has 0 radical (unpaired) electrons. The third-order valence-electron chi connectivity index (χ3n) is 4.57. The highest BCUT2D eigenvalue weighted by Gasteiger charge is 2.17. The van der Waals surface area contributed by atoms with Crippen LogP contribution in [-0.2, 0) is 17.6 Å². The fourth-order valence-electron chi connectivity index (χ4n) is 3.03. The monoisotopic (exact) mass is 440 g/mol. The highest BCUT2D eigenvalue weighted by molar-refractivity contribution is 8.01. The Morgan fingerprint density at radius 1 is 1.17 bits per heavy atom. The summed E-state index contributed by atoms with van der Waals surface area (Å²) >= 11 is 2.81. The van der Waals surface area contributed by atoms with Crippen molar-refractivity contribution in [2.24, 2.45) is 0 Å². The first-order valence-corrected chi connectivity index (χ1v) is 11.4. The molecule has 0 saturated carbocycles. The molecule has 30 heavy (non-hydrogen) atoms. The van der Waals surface area contributed by atoms with Crippen LogP contribution in [-0.4, -0.2) is 29.2 Å². The quantitative estimate of drug-likeness (QED) is 0.408. The van der Waals surface area contributed by atoms with Gasteiger partial charge in [-0.2, -0.15) is 0 Å². The van der Waals surface area contributed by atoms with E-state index in [2.05, 4.69) is 17.2 Å². The van der Waals surface area contributed by atoms with Gasteiger partial charge in [0, 0.05) is 16.6 Å². The van der Waals surface area contributed by atoms with E-state index in [9.17, 15) is 9.59 Å². The molecule has 1 amide bonds. The number of amides is 1. The molecule has 1 aromatic heterocycles. The number of thiazole rings is 1. The zero-order chi connectivity index (χ0) is 20.9. The second kappa shape index (κ2) is 9.32. The van der Waals surface area contributed by atoms with Crippen LogP contribution in [0.15, 0.2) is 52.2 Å². The van der Waals surface area contributed by atoms with Gasteiger partial charge in [-0.1, -0.05) is 36.9 Å². The van der Waals surface area contributed by atoms with Crippen molar-refractivity contribution in [3.8, 4) is 11.5 Å². The van der Waals surface area contributed by atoms with Crippen molar-refractivity contribution in [3.05, 3.63) is 64.7 Å². The van der Waals surface area contributed by atoms with Gasteiger partial charge in [0.25, 0.3) is 0 Å². The Hall–Kier alpha value is -2.84. The van der Waals surface area contributed by atoms with Crippen molar-refractivity contribution < 1.29 is 19.1 Å². The van der Waals surface area contributed by atoms with Crippen molar-refractivity contribution >= 4 is 40.5 Å². The van der Waals surface area contributed by atoms with Crippen molar-refractivity contribution in [1.82, 2.24) is 4.98 Å². The Kier molecular flexibility index (Phi) is 6.35. The third-order valence-corrected chi connectivity index (χ3v) is 6.64. The second-order valence-electron chi connectivity index (χ2n) is 6.62. The Labute approximate surface area is 182 Å². The molecule has 0 saturated heterocycles. The molecular formula is C22H20N2O4S2. The van der Waals surface area contributed by atoms with Crippen LogP contribution < -0.4 is 14.8 Å². The first kappa shape index (κ1) is 20.4. The molecule has 1 aliphatic heterocycles. The van der Waals surface area contributed by atoms with E-state index in [4.69, 9.17) is 9.47 Å². The molecule has 0 aliphatic carbocycles. The van der Waals surface area contributed by atoms with Crippen LogP contribution in [0.1, 0.15) is 28.5 Å². The molecule has 3 aromatic rings. The van der Waals surface area contributed by atoms with Gasteiger partial charge in [0.05, 0.1) is 17.9 Å². The zero-order valence-electron chi connectivity index (χ0n) is 16.3. The number of aromatic nitrogens is 1. The fraction of sp³-hybridized carbons (Fsp3) is 0.227. The number of anilines is 1. The molecule has 2 aromatic carbocycles. The van der Waals surface area contributed by atoms with Gasteiger partial charge in [0.15, 0.2) is 21.6 Å². The lowest BCUT2D eigenvalue weighted by Gasteiger charge is -2.08. The van der Waals surface area contributed by atoms with Crippen molar-refractivity contribution in [2.45, 2.75) is 24.1 Å². The number of hydrogen-bond acceptors (Lipinski definition) is 7. The van der Waals surface area contributed by atoms with E-state index >= 15 is 0 Å². The van der Waals surface area contributed by atoms with Gasteiger partial charge in [0.1, 0.15) is 0 Å². The number of thioether (sulfide) groups is 1. The van der Waals surface area contributed by atoms with Gasteiger partial charge in [-0.3, -0.25) is 9.59 Å². The minimum absolute atomic E-state index is 0.0102. The minimum Gasteiger partial charge on any atom is -0.454 e. The Morgan fingerprint density at radius 2 is 2.00 bits per heavy atom. The molecule has 0 atom stereocenters. The SMILES string of the molecule is CCc1ccccc1NC(=O)Cc1csc(SCC(=O)c2ccc3c(c2)OCO3)n1. The van der Waals surface area contributed by atoms with E-state index < -0.39 is 0 Å². The van der Waals surface area contributed by atoms with Crippen LogP contribution in [0, 0.1) is 0 Å². The summed E-state index contributed by atoms with van der Waals surface area (Å²) in [6, 6.07) is 13.0. The predicted octanol–water partition coefficient (Wildman–Crippen LogP) is 4.59. The van der Waals surface area contributed by atoms with Crippen LogP contribution in [0.2, 0.25) is 0 Å². The number of benzene rings is 2. The molecule has 8 heteroatoms. The van der Waals surface area contributed by atoms with E-state index in [0.717, 1.165) is 22.0 Å². The van der Waals surface area contributed by atoms with Crippen molar-refractivity contribution in [2.75, 3.05) is 17.9 Å². The van der Waals surface area contributed by atoms with Crippen LogP contribution in [0.25, 0.3) is 0 Å². The van der Waals surface area contributed by atoms with E-state index in [0.29, 0.717) is 22.8 Å². The van der Waals surface area contributed by atoms with Gasteiger partial charge in [-0.25, -0.2) is 4.98 Å². The summed E-state index contributed by atoms with van der Waals surface area (Å²) in [4.78, 5) is 29.3. The average Bonchev–Trinajstić information content (AvgIpc) is 3.41. The number of Topliss-reactive ketones (excluding diaryl/α,β-unsaturated/α-hetero) is 1.